The molecule has 1 unspecified atom stereocenters. The second-order valence-electron chi connectivity index (χ2n) is 6.79. The molecule has 0 spiro atoms. The van der Waals surface area contributed by atoms with Crippen molar-refractivity contribution in [3.8, 4) is 0 Å². The first-order valence-corrected chi connectivity index (χ1v) is 7.61. The Balaban J connectivity index is 1.88. The second kappa shape index (κ2) is 6.23. The molecular weight excluding hydrogens is 240 g/mol. The normalized spacial score (nSPS) is 25.8. The highest BCUT2D eigenvalue weighted by molar-refractivity contribution is 5.78. The van der Waals surface area contributed by atoms with Crippen LogP contribution in [0, 0.1) is 5.92 Å². The molecule has 4 nitrogen and oxygen atoms in total. The van der Waals surface area contributed by atoms with Gasteiger partial charge in [-0.15, -0.1) is 0 Å². The number of likely N-dealkylation sites (tertiary alicyclic amines) is 1. The minimum absolute atomic E-state index is 0.177. The number of piperidine rings is 1. The zero-order valence-corrected chi connectivity index (χ0v) is 12.6. The molecule has 0 aliphatic carbocycles. The van der Waals surface area contributed by atoms with Gasteiger partial charge in [0.1, 0.15) is 6.61 Å². The van der Waals surface area contributed by atoms with Crippen molar-refractivity contribution in [1.82, 2.24) is 10.2 Å². The van der Waals surface area contributed by atoms with Gasteiger partial charge in [-0.1, -0.05) is 0 Å². The molecule has 2 aliphatic rings. The average molecular weight is 268 g/mol. The standard InChI is InChI=1S/C15H28N2O2/c1-15(2,3)19-11-14(18)17-10-4-5-13(17)12-6-8-16-9-7-12/h12-13,16H,4-11H2,1-3H3. The first-order chi connectivity index (χ1) is 8.97. The van der Waals surface area contributed by atoms with E-state index < -0.39 is 0 Å². The summed E-state index contributed by atoms with van der Waals surface area (Å²) in [6.45, 7) is 9.33. The van der Waals surface area contributed by atoms with Crippen LogP contribution < -0.4 is 5.32 Å². The number of hydrogen-bond donors (Lipinski definition) is 1. The maximum atomic E-state index is 12.3. The summed E-state index contributed by atoms with van der Waals surface area (Å²) in [6, 6.07) is 0.457. The Morgan fingerprint density at radius 1 is 1.26 bits per heavy atom. The van der Waals surface area contributed by atoms with Crippen molar-refractivity contribution in [1.29, 1.82) is 0 Å². The van der Waals surface area contributed by atoms with Crippen LogP contribution in [0.5, 0.6) is 0 Å². The Labute approximate surface area is 116 Å². The summed E-state index contributed by atoms with van der Waals surface area (Å²) in [5.41, 5.74) is -0.236. The highest BCUT2D eigenvalue weighted by atomic mass is 16.5. The summed E-state index contributed by atoms with van der Waals surface area (Å²) in [6.07, 6.45) is 4.73. The number of nitrogens with one attached hydrogen (secondary N) is 1. The predicted molar refractivity (Wildman–Crippen MR) is 76.0 cm³/mol. The number of nitrogens with zero attached hydrogens (tertiary/aromatic N) is 1. The quantitative estimate of drug-likeness (QED) is 0.848. The third-order valence-electron chi connectivity index (χ3n) is 4.18. The molecule has 0 aromatic heterocycles. The average Bonchev–Trinajstić information content (AvgIpc) is 2.85. The minimum atomic E-state index is -0.236. The molecule has 1 N–H and O–H groups in total. The zero-order valence-electron chi connectivity index (χ0n) is 12.6. The summed E-state index contributed by atoms with van der Waals surface area (Å²) < 4.78 is 5.64. The van der Waals surface area contributed by atoms with Gasteiger partial charge in [0.25, 0.3) is 0 Å². The molecule has 19 heavy (non-hydrogen) atoms. The molecule has 2 aliphatic heterocycles. The Bertz CT molecular complexity index is 306. The number of carbonyl (C=O) groups excluding carboxylic acids is 1. The fraction of sp³-hybridized carbons (Fsp3) is 0.933. The molecule has 0 bridgehead atoms. The van der Waals surface area contributed by atoms with E-state index in [1.54, 1.807) is 0 Å². The van der Waals surface area contributed by atoms with Crippen LogP contribution in [-0.2, 0) is 9.53 Å². The first-order valence-electron chi connectivity index (χ1n) is 7.61. The molecule has 2 saturated heterocycles. The van der Waals surface area contributed by atoms with Crippen LogP contribution in [-0.4, -0.2) is 48.7 Å². The van der Waals surface area contributed by atoms with Crippen LogP contribution in [0.15, 0.2) is 0 Å². The van der Waals surface area contributed by atoms with E-state index in [9.17, 15) is 4.79 Å². The fourth-order valence-electron chi connectivity index (χ4n) is 3.18. The first kappa shape index (κ1) is 14.8. The van der Waals surface area contributed by atoms with Gasteiger partial charge < -0.3 is 15.0 Å². The maximum absolute atomic E-state index is 12.3. The lowest BCUT2D eigenvalue weighted by atomic mass is 9.89. The third kappa shape index (κ3) is 4.18. The second-order valence-corrected chi connectivity index (χ2v) is 6.79. The van der Waals surface area contributed by atoms with E-state index in [1.807, 2.05) is 20.8 Å². The van der Waals surface area contributed by atoms with Crippen molar-refractivity contribution in [2.75, 3.05) is 26.2 Å². The third-order valence-corrected chi connectivity index (χ3v) is 4.18. The van der Waals surface area contributed by atoms with Crippen molar-refractivity contribution >= 4 is 5.91 Å². The Morgan fingerprint density at radius 2 is 1.95 bits per heavy atom. The van der Waals surface area contributed by atoms with E-state index in [1.165, 1.54) is 19.3 Å². The van der Waals surface area contributed by atoms with Gasteiger partial charge in [0.15, 0.2) is 0 Å². The lowest BCUT2D eigenvalue weighted by molar-refractivity contribution is -0.143. The van der Waals surface area contributed by atoms with E-state index in [0.717, 1.165) is 26.1 Å². The van der Waals surface area contributed by atoms with Gasteiger partial charge in [0.2, 0.25) is 5.91 Å². The predicted octanol–water partition coefficient (Wildman–Crippen LogP) is 1.79. The monoisotopic (exact) mass is 268 g/mol. The topological polar surface area (TPSA) is 41.6 Å². The van der Waals surface area contributed by atoms with Gasteiger partial charge in [-0.2, -0.15) is 0 Å². The van der Waals surface area contributed by atoms with Crippen LogP contribution in [0.25, 0.3) is 0 Å². The van der Waals surface area contributed by atoms with Crippen LogP contribution >= 0.6 is 0 Å². The van der Waals surface area contributed by atoms with Crippen LogP contribution in [0.2, 0.25) is 0 Å². The number of ether oxygens (including phenoxy) is 1. The highest BCUT2D eigenvalue weighted by Crippen LogP contribution is 2.29. The van der Waals surface area contributed by atoms with E-state index in [-0.39, 0.29) is 18.1 Å². The largest absolute Gasteiger partial charge is 0.366 e. The van der Waals surface area contributed by atoms with Crippen LogP contribution in [0.1, 0.15) is 46.5 Å². The Hall–Kier alpha value is -0.610. The molecule has 2 heterocycles. The molecule has 0 aromatic carbocycles. The molecular formula is C15H28N2O2. The molecule has 1 atom stereocenters. The van der Waals surface area contributed by atoms with Crippen LogP contribution in [0.3, 0.4) is 0 Å². The molecule has 0 aromatic rings. The van der Waals surface area contributed by atoms with Crippen molar-refractivity contribution in [2.45, 2.75) is 58.1 Å². The molecule has 2 fully saturated rings. The Morgan fingerprint density at radius 3 is 2.58 bits per heavy atom. The van der Waals surface area contributed by atoms with E-state index in [4.69, 9.17) is 4.74 Å². The van der Waals surface area contributed by atoms with Gasteiger partial charge in [-0.05, 0) is 65.5 Å². The van der Waals surface area contributed by atoms with Crippen LogP contribution in [0.4, 0.5) is 0 Å². The van der Waals surface area contributed by atoms with Crippen molar-refractivity contribution in [3.05, 3.63) is 0 Å². The summed E-state index contributed by atoms with van der Waals surface area (Å²) in [5, 5.41) is 3.40. The van der Waals surface area contributed by atoms with Gasteiger partial charge in [0.05, 0.1) is 5.60 Å². The number of hydrogen-bond acceptors (Lipinski definition) is 3. The number of amides is 1. The van der Waals surface area contributed by atoms with E-state index >= 15 is 0 Å². The van der Waals surface area contributed by atoms with E-state index in [0.29, 0.717) is 12.0 Å². The molecule has 1 amide bonds. The molecule has 0 radical (unpaired) electrons. The summed E-state index contributed by atoms with van der Waals surface area (Å²) in [5.74, 6) is 0.860. The lowest BCUT2D eigenvalue weighted by Gasteiger charge is -2.34. The van der Waals surface area contributed by atoms with Gasteiger partial charge in [-0.3, -0.25) is 4.79 Å². The molecule has 110 valence electrons. The van der Waals surface area contributed by atoms with E-state index in [2.05, 4.69) is 10.2 Å². The van der Waals surface area contributed by atoms with Crippen molar-refractivity contribution in [3.63, 3.8) is 0 Å². The molecule has 2 rings (SSSR count). The SMILES string of the molecule is CC(C)(C)OCC(=O)N1CCCC1C1CCNCC1. The van der Waals surface area contributed by atoms with Crippen molar-refractivity contribution < 1.29 is 9.53 Å². The Kier molecular flexibility index (Phi) is 4.85. The summed E-state index contributed by atoms with van der Waals surface area (Å²) >= 11 is 0. The number of carbonyl (C=O) groups is 1. The van der Waals surface area contributed by atoms with Gasteiger partial charge in [0, 0.05) is 12.6 Å². The summed E-state index contributed by atoms with van der Waals surface area (Å²) in [4.78, 5) is 14.4. The maximum Gasteiger partial charge on any atom is 0.248 e. The lowest BCUT2D eigenvalue weighted by Crippen LogP contribution is -2.45. The smallest absolute Gasteiger partial charge is 0.248 e. The van der Waals surface area contributed by atoms with Crippen molar-refractivity contribution in [2.24, 2.45) is 5.92 Å². The molecule has 0 saturated carbocycles. The highest BCUT2D eigenvalue weighted by Gasteiger charge is 2.35. The fourth-order valence-corrected chi connectivity index (χ4v) is 3.18. The van der Waals surface area contributed by atoms with Gasteiger partial charge in [-0.25, -0.2) is 0 Å². The zero-order chi connectivity index (χ0) is 13.9. The minimum Gasteiger partial charge on any atom is -0.366 e. The summed E-state index contributed by atoms with van der Waals surface area (Å²) in [7, 11) is 0. The van der Waals surface area contributed by atoms with Gasteiger partial charge >= 0.3 is 0 Å². The molecule has 4 heteroatoms. The number of rotatable bonds is 3.